The third-order valence-corrected chi connectivity index (χ3v) is 8.21. The third-order valence-electron chi connectivity index (χ3n) is 6.12. The molecule has 42 heavy (non-hydrogen) atoms. The normalized spacial score (nSPS) is 12.9. The van der Waals surface area contributed by atoms with Gasteiger partial charge < -0.3 is 10.2 Å². The number of alkyl halides is 3. The number of amides is 2. The molecule has 1 N–H and O–H groups in total. The van der Waals surface area contributed by atoms with Crippen molar-refractivity contribution in [3.05, 3.63) is 94.8 Å². The molecule has 0 aromatic heterocycles. The molecule has 3 aromatic rings. The van der Waals surface area contributed by atoms with Crippen LogP contribution in [0, 0.1) is 5.82 Å². The van der Waals surface area contributed by atoms with Crippen molar-refractivity contribution in [2.24, 2.45) is 0 Å². The van der Waals surface area contributed by atoms with Gasteiger partial charge in [0.25, 0.3) is 10.0 Å². The quantitative estimate of drug-likeness (QED) is 0.294. The molecule has 0 spiro atoms. The molecule has 0 radical (unpaired) electrons. The molecule has 0 aliphatic carbocycles. The highest BCUT2D eigenvalue weighted by atomic mass is 35.5. The molecule has 0 saturated carbocycles. The van der Waals surface area contributed by atoms with Crippen LogP contribution in [0.25, 0.3) is 0 Å². The van der Waals surface area contributed by atoms with Gasteiger partial charge in [-0.1, -0.05) is 48.0 Å². The Morgan fingerprint density at radius 3 is 2.12 bits per heavy atom. The van der Waals surface area contributed by atoms with E-state index in [2.05, 4.69) is 5.32 Å². The van der Waals surface area contributed by atoms with Crippen molar-refractivity contribution >= 4 is 39.1 Å². The van der Waals surface area contributed by atoms with Gasteiger partial charge in [-0.2, -0.15) is 13.2 Å². The Bertz CT molecular complexity index is 1540. The molecule has 0 fully saturated rings. The first-order valence-corrected chi connectivity index (χ1v) is 14.5. The summed E-state index contributed by atoms with van der Waals surface area (Å²) in [7, 11) is -4.66. The van der Waals surface area contributed by atoms with Crippen LogP contribution in [0.4, 0.5) is 23.2 Å². The number of hydrogen-bond acceptors (Lipinski definition) is 4. The summed E-state index contributed by atoms with van der Waals surface area (Å²) < 4.78 is 83.5. The van der Waals surface area contributed by atoms with E-state index in [1.165, 1.54) is 55.5 Å². The lowest BCUT2D eigenvalue weighted by Crippen LogP contribution is -2.54. The number of rotatable bonds is 9. The highest BCUT2D eigenvalue weighted by molar-refractivity contribution is 7.92. The van der Waals surface area contributed by atoms with Gasteiger partial charge in [0.05, 0.1) is 21.2 Å². The number of halogens is 5. The summed E-state index contributed by atoms with van der Waals surface area (Å²) in [5.74, 6) is -2.27. The van der Waals surface area contributed by atoms with Crippen LogP contribution in [-0.4, -0.2) is 43.3 Å². The molecule has 13 heteroatoms. The van der Waals surface area contributed by atoms with Crippen molar-refractivity contribution < 1.29 is 35.6 Å². The molecule has 0 heterocycles. The minimum Gasteiger partial charge on any atom is -0.350 e. The lowest BCUT2D eigenvalue weighted by Gasteiger charge is -2.33. The maximum absolute atomic E-state index is 14.6. The minimum absolute atomic E-state index is 0.0378. The predicted octanol–water partition coefficient (Wildman–Crippen LogP) is 6.03. The largest absolute Gasteiger partial charge is 0.416 e. The first-order valence-electron chi connectivity index (χ1n) is 12.7. The van der Waals surface area contributed by atoms with Gasteiger partial charge in [-0.25, -0.2) is 12.8 Å². The minimum atomic E-state index is -4.85. The lowest BCUT2D eigenvalue weighted by atomic mass is 10.1. The Balaban J connectivity index is 2.14. The Morgan fingerprint density at radius 1 is 0.952 bits per heavy atom. The van der Waals surface area contributed by atoms with Gasteiger partial charge in [-0.15, -0.1) is 0 Å². The van der Waals surface area contributed by atoms with Crippen molar-refractivity contribution in [3.8, 4) is 0 Å². The Hall–Kier alpha value is -3.64. The van der Waals surface area contributed by atoms with Gasteiger partial charge in [0, 0.05) is 17.6 Å². The van der Waals surface area contributed by atoms with Crippen molar-refractivity contribution in [2.45, 2.75) is 56.9 Å². The summed E-state index contributed by atoms with van der Waals surface area (Å²) >= 11 is 6.22. The van der Waals surface area contributed by atoms with E-state index in [0.29, 0.717) is 16.4 Å². The SMILES string of the molecule is CC(C(=O)NC(C)(C)C)N(Cc1ccccc1F)C(=O)CN(c1cc(C(F)(F)F)ccc1Cl)S(=O)(=O)c1ccccc1. The van der Waals surface area contributed by atoms with E-state index in [1.54, 1.807) is 20.8 Å². The van der Waals surface area contributed by atoms with Gasteiger partial charge in [0.1, 0.15) is 18.4 Å². The molecule has 3 rings (SSSR count). The number of benzene rings is 3. The van der Waals surface area contributed by atoms with E-state index in [4.69, 9.17) is 11.6 Å². The van der Waals surface area contributed by atoms with Crippen molar-refractivity contribution in [2.75, 3.05) is 10.8 Å². The molecule has 1 atom stereocenters. The maximum Gasteiger partial charge on any atom is 0.416 e. The number of nitrogens with zero attached hydrogens (tertiary/aromatic N) is 2. The Morgan fingerprint density at radius 2 is 1.55 bits per heavy atom. The summed E-state index contributed by atoms with van der Waals surface area (Å²) in [6, 6.07) is 13.2. The number of hydrogen-bond donors (Lipinski definition) is 1. The monoisotopic (exact) mass is 627 g/mol. The molecule has 0 aliphatic heterocycles. The van der Waals surface area contributed by atoms with Crippen LogP contribution in [0.2, 0.25) is 5.02 Å². The van der Waals surface area contributed by atoms with Gasteiger partial charge in [0.2, 0.25) is 11.8 Å². The first kappa shape index (κ1) is 32.9. The van der Waals surface area contributed by atoms with Gasteiger partial charge in [-0.05, 0) is 64.1 Å². The van der Waals surface area contributed by atoms with E-state index in [0.717, 1.165) is 17.0 Å². The first-order chi connectivity index (χ1) is 19.4. The van der Waals surface area contributed by atoms with Crippen LogP contribution in [0.5, 0.6) is 0 Å². The van der Waals surface area contributed by atoms with Crippen LogP contribution in [0.3, 0.4) is 0 Å². The smallest absolute Gasteiger partial charge is 0.350 e. The fourth-order valence-corrected chi connectivity index (χ4v) is 5.70. The second kappa shape index (κ2) is 12.7. The van der Waals surface area contributed by atoms with Gasteiger partial charge in [0.15, 0.2) is 0 Å². The molecule has 0 bridgehead atoms. The summed E-state index contributed by atoms with van der Waals surface area (Å²) in [6.45, 7) is 5.05. The highest BCUT2D eigenvalue weighted by Gasteiger charge is 2.37. The third kappa shape index (κ3) is 8.01. The molecule has 0 aliphatic rings. The van der Waals surface area contributed by atoms with Crippen LogP contribution in [-0.2, 0) is 32.3 Å². The van der Waals surface area contributed by atoms with E-state index < -0.39 is 69.8 Å². The Kier molecular flexibility index (Phi) is 9.94. The zero-order valence-electron chi connectivity index (χ0n) is 23.2. The predicted molar refractivity (Wildman–Crippen MR) is 152 cm³/mol. The number of carbonyl (C=O) groups is 2. The van der Waals surface area contributed by atoms with Crippen LogP contribution < -0.4 is 9.62 Å². The highest BCUT2D eigenvalue weighted by Crippen LogP contribution is 2.37. The van der Waals surface area contributed by atoms with Crippen molar-refractivity contribution in [3.63, 3.8) is 0 Å². The summed E-state index contributed by atoms with van der Waals surface area (Å²) in [5, 5.41) is 2.36. The second-order valence-corrected chi connectivity index (χ2v) is 12.8. The maximum atomic E-state index is 14.6. The molecule has 3 aromatic carbocycles. The molecule has 0 saturated heterocycles. The molecule has 7 nitrogen and oxygen atoms in total. The summed E-state index contributed by atoms with van der Waals surface area (Å²) in [5.41, 5.74) is -2.45. The van der Waals surface area contributed by atoms with Crippen LogP contribution in [0.15, 0.2) is 77.7 Å². The fourth-order valence-electron chi connectivity index (χ4n) is 3.98. The molecular weight excluding hydrogens is 598 g/mol. The average molecular weight is 628 g/mol. The van der Waals surface area contributed by atoms with E-state index >= 15 is 0 Å². The Labute approximate surface area is 247 Å². The zero-order chi connectivity index (χ0) is 31.5. The number of carbonyl (C=O) groups excluding carboxylic acids is 2. The topological polar surface area (TPSA) is 86.8 Å². The molecular formula is C29H30ClF4N3O4S. The summed E-state index contributed by atoms with van der Waals surface area (Å²) in [6.07, 6.45) is -4.85. The number of nitrogens with one attached hydrogen (secondary N) is 1. The van der Waals surface area contributed by atoms with Crippen LogP contribution in [0.1, 0.15) is 38.8 Å². The van der Waals surface area contributed by atoms with Gasteiger partial charge in [-0.3, -0.25) is 13.9 Å². The number of anilines is 1. The fraction of sp³-hybridized carbons (Fsp3) is 0.310. The average Bonchev–Trinajstić information content (AvgIpc) is 2.90. The van der Waals surface area contributed by atoms with E-state index in [-0.39, 0.29) is 15.5 Å². The molecule has 226 valence electrons. The number of sulfonamides is 1. The second-order valence-electron chi connectivity index (χ2n) is 10.5. The lowest BCUT2D eigenvalue weighted by molar-refractivity contribution is -0.140. The summed E-state index contributed by atoms with van der Waals surface area (Å²) in [4.78, 5) is 27.6. The van der Waals surface area contributed by atoms with Gasteiger partial charge >= 0.3 is 6.18 Å². The zero-order valence-corrected chi connectivity index (χ0v) is 24.8. The van der Waals surface area contributed by atoms with Crippen LogP contribution >= 0.6 is 11.6 Å². The van der Waals surface area contributed by atoms with Crippen molar-refractivity contribution in [1.82, 2.24) is 10.2 Å². The van der Waals surface area contributed by atoms with E-state index in [9.17, 15) is 35.6 Å². The molecule has 1 unspecified atom stereocenters. The van der Waals surface area contributed by atoms with Crippen molar-refractivity contribution in [1.29, 1.82) is 0 Å². The standard InChI is InChI=1S/C29H30ClF4N3O4S/c1-19(27(39)35-28(2,3)4)36(17-20-10-8-9-13-24(20)31)26(38)18-37(42(40,41)22-11-6-5-7-12-22)25-16-21(29(32,33)34)14-15-23(25)30/h5-16,19H,17-18H2,1-4H3,(H,35,39). The van der Waals surface area contributed by atoms with E-state index in [1.807, 2.05) is 0 Å². The molecule has 2 amide bonds.